The second kappa shape index (κ2) is 8.75. The first-order chi connectivity index (χ1) is 12.6. The monoisotopic (exact) mass is 465 g/mol. The largest absolute Gasteiger partial charge is 0.493 e. The van der Waals surface area contributed by atoms with E-state index < -0.39 is 0 Å². The molecule has 0 spiro atoms. The van der Waals surface area contributed by atoms with Crippen molar-refractivity contribution in [3.8, 4) is 11.5 Å². The highest BCUT2D eigenvalue weighted by Gasteiger charge is 2.26. The first-order valence-electron chi connectivity index (χ1n) is 8.87. The number of hydrogen-bond donors (Lipinski definition) is 0. The molecule has 0 N–H and O–H groups in total. The molecule has 1 aliphatic heterocycles. The second-order valence-corrected chi connectivity index (χ2v) is 7.77. The van der Waals surface area contributed by atoms with Crippen LogP contribution in [0.5, 0.6) is 11.5 Å². The molecular formula is C21H24INO3. The van der Waals surface area contributed by atoms with Gasteiger partial charge in [-0.05, 0) is 65.5 Å². The van der Waals surface area contributed by atoms with E-state index in [0.29, 0.717) is 23.0 Å². The van der Waals surface area contributed by atoms with Gasteiger partial charge in [-0.15, -0.1) is 0 Å². The molecule has 0 radical (unpaired) electrons. The van der Waals surface area contributed by atoms with Crippen LogP contribution in [0.2, 0.25) is 0 Å². The molecule has 0 aromatic heterocycles. The fourth-order valence-corrected chi connectivity index (χ4v) is 4.15. The second-order valence-electron chi connectivity index (χ2n) is 6.61. The Morgan fingerprint density at radius 2 is 1.69 bits per heavy atom. The van der Waals surface area contributed by atoms with Gasteiger partial charge in [0.25, 0.3) is 5.91 Å². The number of halogens is 1. The number of piperidine rings is 1. The van der Waals surface area contributed by atoms with E-state index in [-0.39, 0.29) is 5.91 Å². The average molecular weight is 465 g/mol. The molecule has 2 aromatic rings. The molecule has 26 heavy (non-hydrogen) atoms. The SMILES string of the molecule is COc1cc(I)c(C(=O)N2CCC(Cc3ccccc3)CC2)cc1OC. The van der Waals surface area contributed by atoms with Gasteiger partial charge in [-0.1, -0.05) is 30.3 Å². The minimum Gasteiger partial charge on any atom is -0.493 e. The van der Waals surface area contributed by atoms with Gasteiger partial charge in [-0.3, -0.25) is 4.79 Å². The normalized spacial score (nSPS) is 15.0. The molecule has 1 amide bonds. The van der Waals surface area contributed by atoms with Gasteiger partial charge in [-0.2, -0.15) is 0 Å². The maximum atomic E-state index is 13.0. The van der Waals surface area contributed by atoms with Crippen molar-refractivity contribution in [1.29, 1.82) is 0 Å². The molecule has 5 heteroatoms. The molecule has 1 fully saturated rings. The van der Waals surface area contributed by atoms with Crippen LogP contribution in [0.1, 0.15) is 28.8 Å². The summed E-state index contributed by atoms with van der Waals surface area (Å²) in [5, 5.41) is 0. The van der Waals surface area contributed by atoms with Crippen LogP contribution in [0.15, 0.2) is 42.5 Å². The summed E-state index contributed by atoms with van der Waals surface area (Å²) in [6.45, 7) is 1.61. The molecule has 0 atom stereocenters. The number of ether oxygens (including phenoxy) is 2. The van der Waals surface area contributed by atoms with Gasteiger partial charge in [-0.25, -0.2) is 0 Å². The third-order valence-corrected chi connectivity index (χ3v) is 5.87. The van der Waals surface area contributed by atoms with Gasteiger partial charge in [0, 0.05) is 16.7 Å². The molecule has 138 valence electrons. The standard InChI is InChI=1S/C21H24INO3/c1-25-19-13-17(18(22)14-20(19)26-2)21(24)23-10-8-16(9-11-23)12-15-6-4-3-5-7-15/h3-7,13-14,16H,8-12H2,1-2H3. The Balaban J connectivity index is 1.65. The Hall–Kier alpha value is -1.76. The number of methoxy groups -OCH3 is 2. The number of amides is 1. The van der Waals surface area contributed by atoms with E-state index in [1.807, 2.05) is 11.0 Å². The topological polar surface area (TPSA) is 38.8 Å². The van der Waals surface area contributed by atoms with Crippen molar-refractivity contribution in [3.63, 3.8) is 0 Å². The Morgan fingerprint density at radius 1 is 1.08 bits per heavy atom. The molecule has 4 nitrogen and oxygen atoms in total. The first kappa shape index (κ1) is 19.0. The van der Waals surface area contributed by atoms with Crippen LogP contribution in [0.4, 0.5) is 0 Å². The summed E-state index contributed by atoms with van der Waals surface area (Å²) in [5.74, 6) is 1.96. The van der Waals surface area contributed by atoms with E-state index in [1.54, 1.807) is 20.3 Å². The summed E-state index contributed by atoms with van der Waals surface area (Å²) in [4.78, 5) is 14.9. The number of benzene rings is 2. The molecular weight excluding hydrogens is 441 g/mol. The molecule has 0 aliphatic carbocycles. The van der Waals surface area contributed by atoms with Crippen molar-refractivity contribution in [2.45, 2.75) is 19.3 Å². The van der Waals surface area contributed by atoms with E-state index in [4.69, 9.17) is 9.47 Å². The quantitative estimate of drug-likeness (QED) is 0.615. The predicted octanol–water partition coefficient (Wildman–Crippen LogP) is 4.40. The fourth-order valence-electron chi connectivity index (χ4n) is 3.48. The summed E-state index contributed by atoms with van der Waals surface area (Å²) in [7, 11) is 3.20. The van der Waals surface area contributed by atoms with Crippen molar-refractivity contribution >= 4 is 28.5 Å². The van der Waals surface area contributed by atoms with Gasteiger partial charge >= 0.3 is 0 Å². The Labute approximate surface area is 168 Å². The molecule has 0 saturated carbocycles. The highest BCUT2D eigenvalue weighted by molar-refractivity contribution is 14.1. The predicted molar refractivity (Wildman–Crippen MR) is 111 cm³/mol. The summed E-state index contributed by atoms with van der Waals surface area (Å²) >= 11 is 2.19. The Kier molecular flexibility index (Phi) is 6.40. The molecule has 1 aliphatic rings. The maximum Gasteiger partial charge on any atom is 0.255 e. The smallest absolute Gasteiger partial charge is 0.255 e. The van der Waals surface area contributed by atoms with Crippen molar-refractivity contribution in [1.82, 2.24) is 4.90 Å². The Bertz CT molecular complexity index is 755. The van der Waals surface area contributed by atoms with Crippen LogP contribution in [-0.2, 0) is 6.42 Å². The number of rotatable bonds is 5. The van der Waals surface area contributed by atoms with Crippen molar-refractivity contribution < 1.29 is 14.3 Å². The van der Waals surface area contributed by atoms with Crippen LogP contribution in [0.3, 0.4) is 0 Å². The number of carbonyl (C=O) groups is 1. The lowest BCUT2D eigenvalue weighted by Gasteiger charge is -2.32. The first-order valence-corrected chi connectivity index (χ1v) is 9.95. The van der Waals surface area contributed by atoms with Gasteiger partial charge in [0.05, 0.1) is 19.8 Å². The summed E-state index contributed by atoms with van der Waals surface area (Å²) in [6.07, 6.45) is 3.19. The minimum absolute atomic E-state index is 0.0773. The highest BCUT2D eigenvalue weighted by Crippen LogP contribution is 2.32. The minimum atomic E-state index is 0.0773. The lowest BCUT2D eigenvalue weighted by molar-refractivity contribution is 0.0689. The van der Waals surface area contributed by atoms with E-state index in [9.17, 15) is 4.79 Å². The summed E-state index contributed by atoms with van der Waals surface area (Å²) < 4.78 is 11.6. The highest BCUT2D eigenvalue weighted by atomic mass is 127. The van der Waals surface area contributed by atoms with Crippen molar-refractivity contribution in [2.24, 2.45) is 5.92 Å². The van der Waals surface area contributed by atoms with Gasteiger partial charge in [0.1, 0.15) is 0 Å². The zero-order chi connectivity index (χ0) is 18.5. The summed E-state index contributed by atoms with van der Waals surface area (Å²) in [6, 6.07) is 14.2. The van der Waals surface area contributed by atoms with E-state index in [2.05, 4.69) is 52.9 Å². The molecule has 1 heterocycles. The number of likely N-dealkylation sites (tertiary alicyclic amines) is 1. The van der Waals surface area contributed by atoms with Crippen molar-refractivity contribution in [2.75, 3.05) is 27.3 Å². The molecule has 2 aromatic carbocycles. The van der Waals surface area contributed by atoms with Crippen molar-refractivity contribution in [3.05, 3.63) is 57.2 Å². The number of nitrogens with zero attached hydrogens (tertiary/aromatic N) is 1. The van der Waals surface area contributed by atoms with Crippen LogP contribution >= 0.6 is 22.6 Å². The number of hydrogen-bond acceptors (Lipinski definition) is 3. The number of carbonyl (C=O) groups excluding carboxylic acids is 1. The zero-order valence-electron chi connectivity index (χ0n) is 15.2. The third-order valence-electron chi connectivity index (χ3n) is 4.97. The van der Waals surface area contributed by atoms with Gasteiger partial charge in [0.2, 0.25) is 0 Å². The van der Waals surface area contributed by atoms with Crippen LogP contribution in [-0.4, -0.2) is 38.1 Å². The van der Waals surface area contributed by atoms with Gasteiger partial charge < -0.3 is 14.4 Å². The average Bonchev–Trinajstić information content (AvgIpc) is 2.68. The van der Waals surface area contributed by atoms with E-state index in [1.165, 1.54) is 5.56 Å². The molecule has 0 unspecified atom stereocenters. The van der Waals surface area contributed by atoms with E-state index >= 15 is 0 Å². The molecule has 3 rings (SSSR count). The lowest BCUT2D eigenvalue weighted by atomic mass is 9.90. The lowest BCUT2D eigenvalue weighted by Crippen LogP contribution is -2.39. The molecule has 0 bridgehead atoms. The van der Waals surface area contributed by atoms with Crippen LogP contribution in [0.25, 0.3) is 0 Å². The summed E-state index contributed by atoms with van der Waals surface area (Å²) in [5.41, 5.74) is 2.07. The molecule has 1 saturated heterocycles. The van der Waals surface area contributed by atoms with Gasteiger partial charge in [0.15, 0.2) is 11.5 Å². The van der Waals surface area contributed by atoms with Crippen LogP contribution in [0, 0.1) is 9.49 Å². The van der Waals surface area contributed by atoms with E-state index in [0.717, 1.165) is 35.9 Å². The Morgan fingerprint density at radius 3 is 2.31 bits per heavy atom. The maximum absolute atomic E-state index is 13.0. The third kappa shape index (κ3) is 4.31. The van der Waals surface area contributed by atoms with Crippen LogP contribution < -0.4 is 9.47 Å². The fraction of sp³-hybridized carbons (Fsp3) is 0.381. The zero-order valence-corrected chi connectivity index (χ0v) is 17.4.